The molecule has 0 aromatic heterocycles. The van der Waals surface area contributed by atoms with E-state index in [0.29, 0.717) is 25.1 Å². The Hall–Kier alpha value is -3.78. The lowest BCUT2D eigenvalue weighted by atomic mass is 9.98. The molecular weight excluding hydrogens is 498 g/mol. The first-order chi connectivity index (χ1) is 18.6. The van der Waals surface area contributed by atoms with Gasteiger partial charge in [-0.3, -0.25) is 19.9 Å². The van der Waals surface area contributed by atoms with E-state index in [1.165, 1.54) is 9.91 Å². The Kier molecular flexibility index (Phi) is 7.98. The third kappa shape index (κ3) is 5.41. The fourth-order valence-electron chi connectivity index (χ4n) is 5.26. The van der Waals surface area contributed by atoms with Crippen LogP contribution in [0.25, 0.3) is 11.1 Å². The minimum absolute atomic E-state index is 0.0497. The molecule has 1 fully saturated rings. The molecule has 3 aromatic rings. The van der Waals surface area contributed by atoms with Gasteiger partial charge in [0.1, 0.15) is 12.6 Å². The molecule has 2 aliphatic rings. The van der Waals surface area contributed by atoms with Crippen LogP contribution in [0.1, 0.15) is 42.4 Å². The molecule has 1 saturated heterocycles. The molecule has 1 N–H and O–H groups in total. The minimum atomic E-state index is -0.691. The summed E-state index contributed by atoms with van der Waals surface area (Å²) in [4.78, 5) is 40.7. The van der Waals surface area contributed by atoms with Gasteiger partial charge < -0.3 is 4.74 Å². The Bertz CT molecular complexity index is 1270. The second kappa shape index (κ2) is 11.7. The van der Waals surface area contributed by atoms with Crippen molar-refractivity contribution < 1.29 is 19.1 Å². The highest BCUT2D eigenvalue weighted by atomic mass is 32.2. The van der Waals surface area contributed by atoms with Crippen molar-refractivity contribution in [2.24, 2.45) is 0 Å². The molecule has 0 saturated carbocycles. The first-order valence-corrected chi connectivity index (χ1v) is 14.0. The highest BCUT2D eigenvalue weighted by Crippen LogP contribution is 2.44. The summed E-state index contributed by atoms with van der Waals surface area (Å²) in [6, 6.07) is 25.2. The van der Waals surface area contributed by atoms with Crippen LogP contribution in [0.2, 0.25) is 0 Å². The van der Waals surface area contributed by atoms with Crippen LogP contribution in [0.3, 0.4) is 0 Å². The van der Waals surface area contributed by atoms with Gasteiger partial charge in [-0.25, -0.2) is 9.80 Å². The van der Waals surface area contributed by atoms with Gasteiger partial charge >= 0.3 is 6.09 Å². The standard InChI is InChI=1S/C30H31N3O4S/c1-2-38-30(36)33(19-21-11-4-3-5-12-21)31-28(34)27-17-10-18-32(27)29(35)37-20-26-24-15-8-6-13-22(24)23-14-7-9-16-25(23)26/h3-9,11-16,26-27H,2,10,17-20H2,1H3,(H,31,34). The van der Waals surface area contributed by atoms with E-state index in [-0.39, 0.29) is 30.2 Å². The number of hydrogen-bond acceptors (Lipinski definition) is 5. The van der Waals surface area contributed by atoms with E-state index in [1.54, 1.807) is 0 Å². The largest absolute Gasteiger partial charge is 0.448 e. The lowest BCUT2D eigenvalue weighted by Gasteiger charge is -2.28. The summed E-state index contributed by atoms with van der Waals surface area (Å²) in [5, 5.41) is 1.09. The monoisotopic (exact) mass is 529 g/mol. The number of likely N-dealkylation sites (tertiary alicyclic amines) is 1. The van der Waals surface area contributed by atoms with Crippen molar-refractivity contribution in [1.29, 1.82) is 0 Å². The van der Waals surface area contributed by atoms with Crippen molar-refractivity contribution in [1.82, 2.24) is 15.3 Å². The maximum absolute atomic E-state index is 13.3. The summed E-state index contributed by atoms with van der Waals surface area (Å²) < 4.78 is 5.81. The molecular formula is C30H31N3O4S. The van der Waals surface area contributed by atoms with Gasteiger partial charge in [-0.2, -0.15) is 0 Å². The Morgan fingerprint density at radius 3 is 2.24 bits per heavy atom. The molecule has 38 heavy (non-hydrogen) atoms. The zero-order chi connectivity index (χ0) is 26.5. The van der Waals surface area contributed by atoms with E-state index in [1.807, 2.05) is 61.5 Å². The smallest absolute Gasteiger partial charge is 0.410 e. The van der Waals surface area contributed by atoms with Crippen LogP contribution in [0.5, 0.6) is 0 Å². The fraction of sp³-hybridized carbons (Fsp3) is 0.300. The number of thioether (sulfide) groups is 1. The molecule has 5 rings (SSSR count). The normalized spacial score (nSPS) is 16.0. The number of ether oxygens (including phenoxy) is 1. The van der Waals surface area contributed by atoms with Gasteiger partial charge in [0.2, 0.25) is 0 Å². The van der Waals surface area contributed by atoms with Crippen LogP contribution in [0.15, 0.2) is 78.9 Å². The number of carbonyl (C=O) groups excluding carboxylic acids is 3. The number of fused-ring (bicyclic) bond motifs is 3. The zero-order valence-corrected chi connectivity index (χ0v) is 22.2. The lowest BCUT2D eigenvalue weighted by molar-refractivity contribution is -0.128. The molecule has 8 heteroatoms. The molecule has 0 spiro atoms. The van der Waals surface area contributed by atoms with Crippen LogP contribution in [0, 0.1) is 0 Å². The van der Waals surface area contributed by atoms with E-state index in [0.717, 1.165) is 39.6 Å². The Balaban J connectivity index is 1.25. The summed E-state index contributed by atoms with van der Waals surface area (Å²) in [6.07, 6.45) is 0.705. The van der Waals surface area contributed by atoms with Crippen molar-refractivity contribution in [3.8, 4) is 11.1 Å². The quantitative estimate of drug-likeness (QED) is 0.408. The van der Waals surface area contributed by atoms with Gasteiger partial charge in [0.15, 0.2) is 0 Å². The second-order valence-electron chi connectivity index (χ2n) is 9.40. The number of hydrogen-bond donors (Lipinski definition) is 1. The average molecular weight is 530 g/mol. The first-order valence-electron chi connectivity index (χ1n) is 13.0. The summed E-state index contributed by atoms with van der Waals surface area (Å²) in [5.41, 5.74) is 8.28. The van der Waals surface area contributed by atoms with Gasteiger partial charge in [0.25, 0.3) is 11.1 Å². The summed E-state index contributed by atoms with van der Waals surface area (Å²) >= 11 is 1.13. The fourth-order valence-corrected chi connectivity index (χ4v) is 5.77. The van der Waals surface area contributed by atoms with E-state index in [9.17, 15) is 14.4 Å². The van der Waals surface area contributed by atoms with Gasteiger partial charge in [0, 0.05) is 12.5 Å². The lowest BCUT2D eigenvalue weighted by Crippen LogP contribution is -2.52. The molecule has 0 bridgehead atoms. The average Bonchev–Trinajstić information content (AvgIpc) is 3.56. The number of nitrogens with zero attached hydrogens (tertiary/aromatic N) is 2. The number of hydrazine groups is 1. The predicted molar refractivity (Wildman–Crippen MR) is 148 cm³/mol. The van der Waals surface area contributed by atoms with Gasteiger partial charge in [-0.15, -0.1) is 0 Å². The van der Waals surface area contributed by atoms with Crippen molar-refractivity contribution in [3.05, 3.63) is 95.6 Å². The Morgan fingerprint density at radius 2 is 1.58 bits per heavy atom. The predicted octanol–water partition coefficient (Wildman–Crippen LogP) is 5.81. The molecule has 196 valence electrons. The Morgan fingerprint density at radius 1 is 0.947 bits per heavy atom. The van der Waals surface area contributed by atoms with Crippen LogP contribution >= 0.6 is 11.8 Å². The molecule has 1 heterocycles. The van der Waals surface area contributed by atoms with Gasteiger partial charge in [-0.1, -0.05) is 97.5 Å². The van der Waals surface area contributed by atoms with E-state index in [2.05, 4.69) is 29.7 Å². The topological polar surface area (TPSA) is 79.0 Å². The second-order valence-corrected chi connectivity index (χ2v) is 10.6. The van der Waals surface area contributed by atoms with Crippen molar-refractivity contribution >= 4 is 29.0 Å². The van der Waals surface area contributed by atoms with Gasteiger partial charge in [0.05, 0.1) is 6.54 Å². The number of amides is 3. The summed E-state index contributed by atoms with van der Waals surface area (Å²) in [5.74, 6) is 0.165. The highest BCUT2D eigenvalue weighted by Gasteiger charge is 2.37. The number of rotatable bonds is 6. The van der Waals surface area contributed by atoms with Crippen molar-refractivity contribution in [3.63, 3.8) is 0 Å². The summed E-state index contributed by atoms with van der Waals surface area (Å²) in [6.45, 7) is 2.77. The number of benzene rings is 3. The Labute approximate surface area is 227 Å². The van der Waals surface area contributed by atoms with Crippen LogP contribution in [0.4, 0.5) is 9.59 Å². The third-order valence-electron chi connectivity index (χ3n) is 7.04. The molecule has 3 aromatic carbocycles. The maximum Gasteiger partial charge on any atom is 0.410 e. The molecule has 3 amide bonds. The first kappa shape index (κ1) is 25.9. The van der Waals surface area contributed by atoms with Crippen molar-refractivity contribution in [2.45, 2.75) is 38.3 Å². The van der Waals surface area contributed by atoms with Crippen molar-refractivity contribution in [2.75, 3.05) is 18.9 Å². The highest BCUT2D eigenvalue weighted by molar-refractivity contribution is 8.13. The maximum atomic E-state index is 13.3. The van der Waals surface area contributed by atoms with E-state index < -0.39 is 12.1 Å². The van der Waals surface area contributed by atoms with Gasteiger partial charge in [-0.05, 0) is 46.4 Å². The summed E-state index contributed by atoms with van der Waals surface area (Å²) in [7, 11) is 0. The number of nitrogens with one attached hydrogen (secondary N) is 1. The molecule has 1 unspecified atom stereocenters. The zero-order valence-electron chi connectivity index (χ0n) is 21.3. The van der Waals surface area contributed by atoms with Crippen LogP contribution in [-0.4, -0.2) is 52.1 Å². The number of carbonyl (C=O) groups is 3. The minimum Gasteiger partial charge on any atom is -0.448 e. The van der Waals surface area contributed by atoms with E-state index >= 15 is 0 Å². The van der Waals surface area contributed by atoms with E-state index in [4.69, 9.17) is 4.74 Å². The molecule has 1 atom stereocenters. The molecule has 1 aliphatic heterocycles. The molecule has 1 aliphatic carbocycles. The van der Waals surface area contributed by atoms with Crippen LogP contribution < -0.4 is 5.43 Å². The van der Waals surface area contributed by atoms with Crippen LogP contribution in [-0.2, 0) is 16.1 Å². The molecule has 7 nitrogen and oxygen atoms in total. The molecule has 0 radical (unpaired) electrons. The third-order valence-corrected chi connectivity index (χ3v) is 7.80. The SMILES string of the molecule is CCSC(=O)N(Cc1ccccc1)NC(=O)C1CCCN1C(=O)OCC1c2ccccc2-c2ccccc21.